The number of ether oxygens (including phenoxy) is 1. The van der Waals surface area contributed by atoms with Gasteiger partial charge in [-0.05, 0) is 37.6 Å². The van der Waals surface area contributed by atoms with E-state index < -0.39 is 0 Å². The predicted octanol–water partition coefficient (Wildman–Crippen LogP) is 4.67. The Balaban J connectivity index is 1.75. The van der Waals surface area contributed by atoms with Gasteiger partial charge in [-0.1, -0.05) is 48.2 Å². The van der Waals surface area contributed by atoms with Crippen molar-refractivity contribution < 1.29 is 9.53 Å². The quantitative estimate of drug-likeness (QED) is 0.421. The molecule has 150 valence electrons. The number of nitrogens with zero attached hydrogens (tertiary/aromatic N) is 3. The summed E-state index contributed by atoms with van der Waals surface area (Å²) in [5.74, 6) is 1.39. The van der Waals surface area contributed by atoms with E-state index in [1.54, 1.807) is 23.8 Å². The number of aryl methyl sites for hydroxylation is 2. The van der Waals surface area contributed by atoms with Crippen LogP contribution in [0.25, 0.3) is 0 Å². The third kappa shape index (κ3) is 5.35. The first-order valence-corrected chi connectivity index (χ1v) is 10.4. The van der Waals surface area contributed by atoms with Gasteiger partial charge in [-0.3, -0.25) is 4.79 Å². The van der Waals surface area contributed by atoms with Crippen LogP contribution in [0.3, 0.4) is 0 Å². The monoisotopic (exact) mass is 407 g/mol. The van der Waals surface area contributed by atoms with Crippen LogP contribution in [0.1, 0.15) is 32.9 Å². The van der Waals surface area contributed by atoms with Crippen LogP contribution in [-0.2, 0) is 12.3 Å². The van der Waals surface area contributed by atoms with E-state index in [1.807, 2.05) is 75.5 Å². The Hall–Kier alpha value is -2.86. The van der Waals surface area contributed by atoms with Gasteiger partial charge >= 0.3 is 0 Å². The number of carbonyl (C=O) groups excluding carboxylic acids is 1. The zero-order chi connectivity index (χ0) is 20.8. The fraction of sp³-hybridized carbons (Fsp3) is 0.261. The maximum absolute atomic E-state index is 13.1. The molecule has 0 bridgehead atoms. The van der Waals surface area contributed by atoms with Crippen LogP contribution in [0.2, 0.25) is 0 Å². The fourth-order valence-corrected chi connectivity index (χ4v) is 4.08. The number of para-hydroxylation sites is 1. The molecular formula is C23H25N3O2S. The molecule has 3 rings (SSSR count). The summed E-state index contributed by atoms with van der Waals surface area (Å²) in [6.07, 6.45) is 0. The summed E-state index contributed by atoms with van der Waals surface area (Å²) >= 11 is 1.54. The molecule has 2 aromatic carbocycles. The molecule has 6 heteroatoms. The highest BCUT2D eigenvalue weighted by Crippen LogP contribution is 2.24. The second-order valence-corrected chi connectivity index (χ2v) is 7.79. The Morgan fingerprint density at radius 3 is 2.31 bits per heavy atom. The van der Waals surface area contributed by atoms with Crippen LogP contribution < -0.4 is 4.74 Å². The molecule has 5 nitrogen and oxygen atoms in total. The number of carbonyl (C=O) groups is 1. The van der Waals surface area contributed by atoms with Gasteiger partial charge in [0, 0.05) is 41.9 Å². The molecule has 0 radical (unpaired) electrons. The third-order valence-corrected chi connectivity index (χ3v) is 5.41. The molecule has 1 heterocycles. The molecule has 0 aliphatic heterocycles. The van der Waals surface area contributed by atoms with Crippen LogP contribution >= 0.6 is 11.8 Å². The fourth-order valence-electron chi connectivity index (χ4n) is 3.12. The Morgan fingerprint density at radius 1 is 1.00 bits per heavy atom. The van der Waals surface area contributed by atoms with Crippen LogP contribution in [0.5, 0.6) is 5.75 Å². The molecule has 0 atom stereocenters. The number of aromatic nitrogens is 2. The van der Waals surface area contributed by atoms with Crippen molar-refractivity contribution in [3.8, 4) is 5.75 Å². The van der Waals surface area contributed by atoms with Gasteiger partial charge in [0.15, 0.2) is 5.16 Å². The number of rotatable bonds is 7. The first kappa shape index (κ1) is 20.9. The number of hydrogen-bond donors (Lipinski definition) is 0. The summed E-state index contributed by atoms with van der Waals surface area (Å²) < 4.78 is 5.41. The molecule has 0 saturated carbocycles. The Kier molecular flexibility index (Phi) is 6.88. The number of methoxy groups -OCH3 is 1. The Bertz CT molecular complexity index is 987. The van der Waals surface area contributed by atoms with Crippen molar-refractivity contribution in [1.29, 1.82) is 0 Å². The summed E-state index contributed by atoms with van der Waals surface area (Å²) in [6, 6.07) is 17.4. The van der Waals surface area contributed by atoms with E-state index in [1.165, 1.54) is 0 Å². The van der Waals surface area contributed by atoms with E-state index in [2.05, 4.69) is 9.97 Å². The maximum Gasteiger partial charge on any atom is 0.254 e. The minimum Gasteiger partial charge on any atom is -0.496 e. The van der Waals surface area contributed by atoms with E-state index in [-0.39, 0.29) is 5.91 Å². The second kappa shape index (κ2) is 9.56. The average Bonchev–Trinajstić information content (AvgIpc) is 2.71. The van der Waals surface area contributed by atoms with Crippen molar-refractivity contribution >= 4 is 17.7 Å². The van der Waals surface area contributed by atoms with E-state index in [0.717, 1.165) is 33.4 Å². The third-order valence-electron chi connectivity index (χ3n) is 4.51. The standard InChI is InChI=1S/C23H25N3O2S/c1-16-13-17(2)25-23(24-16)29-15-19-10-5-7-11-20(19)22(27)26(3)14-18-9-6-8-12-21(18)28-4/h5-13H,14-15H2,1-4H3. The number of amides is 1. The topological polar surface area (TPSA) is 55.3 Å². The predicted molar refractivity (Wildman–Crippen MR) is 116 cm³/mol. The highest BCUT2D eigenvalue weighted by Gasteiger charge is 2.17. The van der Waals surface area contributed by atoms with Gasteiger partial charge in [0.2, 0.25) is 0 Å². The van der Waals surface area contributed by atoms with E-state index in [0.29, 0.717) is 17.9 Å². The zero-order valence-electron chi connectivity index (χ0n) is 17.2. The van der Waals surface area contributed by atoms with Gasteiger partial charge in [0.1, 0.15) is 5.75 Å². The lowest BCUT2D eigenvalue weighted by molar-refractivity contribution is 0.0783. The summed E-state index contributed by atoms with van der Waals surface area (Å²) in [6.45, 7) is 4.40. The van der Waals surface area contributed by atoms with Crippen molar-refractivity contribution in [1.82, 2.24) is 14.9 Å². The highest BCUT2D eigenvalue weighted by molar-refractivity contribution is 7.98. The molecule has 1 amide bonds. The van der Waals surface area contributed by atoms with Crippen molar-refractivity contribution in [2.24, 2.45) is 0 Å². The van der Waals surface area contributed by atoms with E-state index >= 15 is 0 Å². The molecule has 0 unspecified atom stereocenters. The Labute approximate surface area is 176 Å². The average molecular weight is 408 g/mol. The van der Waals surface area contributed by atoms with Crippen LogP contribution in [0.15, 0.2) is 59.8 Å². The molecular weight excluding hydrogens is 382 g/mol. The van der Waals surface area contributed by atoms with Crippen molar-refractivity contribution in [2.45, 2.75) is 31.3 Å². The van der Waals surface area contributed by atoms with E-state index in [9.17, 15) is 4.79 Å². The van der Waals surface area contributed by atoms with Gasteiger partial charge in [-0.15, -0.1) is 0 Å². The smallest absolute Gasteiger partial charge is 0.254 e. The number of benzene rings is 2. The van der Waals surface area contributed by atoms with Gasteiger partial charge in [0.25, 0.3) is 5.91 Å². The van der Waals surface area contributed by atoms with Crippen LogP contribution in [0.4, 0.5) is 0 Å². The summed E-state index contributed by atoms with van der Waals surface area (Å²) in [5.41, 5.74) is 4.53. The summed E-state index contributed by atoms with van der Waals surface area (Å²) in [4.78, 5) is 23.8. The molecule has 0 fully saturated rings. The maximum atomic E-state index is 13.1. The zero-order valence-corrected chi connectivity index (χ0v) is 18.0. The van der Waals surface area contributed by atoms with Gasteiger partial charge in [-0.25, -0.2) is 9.97 Å². The first-order chi connectivity index (χ1) is 14.0. The van der Waals surface area contributed by atoms with Crippen molar-refractivity contribution in [2.75, 3.05) is 14.2 Å². The summed E-state index contributed by atoms with van der Waals surface area (Å²) in [7, 11) is 3.45. The highest BCUT2D eigenvalue weighted by atomic mass is 32.2. The van der Waals surface area contributed by atoms with Crippen molar-refractivity contribution in [3.05, 3.63) is 82.7 Å². The van der Waals surface area contributed by atoms with E-state index in [4.69, 9.17) is 4.74 Å². The minimum absolute atomic E-state index is 0.0200. The SMILES string of the molecule is COc1ccccc1CN(C)C(=O)c1ccccc1CSc1nc(C)cc(C)n1. The normalized spacial score (nSPS) is 10.6. The van der Waals surface area contributed by atoms with Crippen molar-refractivity contribution in [3.63, 3.8) is 0 Å². The van der Waals surface area contributed by atoms with Crippen LogP contribution in [0, 0.1) is 13.8 Å². The van der Waals surface area contributed by atoms with Gasteiger partial charge in [0.05, 0.1) is 7.11 Å². The second-order valence-electron chi connectivity index (χ2n) is 6.85. The molecule has 0 N–H and O–H groups in total. The lowest BCUT2D eigenvalue weighted by Crippen LogP contribution is -2.27. The molecule has 1 aromatic heterocycles. The largest absolute Gasteiger partial charge is 0.496 e. The number of hydrogen-bond acceptors (Lipinski definition) is 5. The lowest BCUT2D eigenvalue weighted by atomic mass is 10.1. The molecule has 0 spiro atoms. The molecule has 0 saturated heterocycles. The minimum atomic E-state index is -0.0200. The lowest BCUT2D eigenvalue weighted by Gasteiger charge is -2.20. The Morgan fingerprint density at radius 2 is 1.62 bits per heavy atom. The first-order valence-electron chi connectivity index (χ1n) is 9.38. The molecule has 0 aliphatic carbocycles. The molecule has 29 heavy (non-hydrogen) atoms. The number of thioether (sulfide) groups is 1. The molecule has 0 aliphatic rings. The summed E-state index contributed by atoms with van der Waals surface area (Å²) in [5, 5.41) is 0.729. The van der Waals surface area contributed by atoms with Gasteiger partial charge < -0.3 is 9.64 Å². The van der Waals surface area contributed by atoms with Gasteiger partial charge in [-0.2, -0.15) is 0 Å². The molecule has 3 aromatic rings. The van der Waals surface area contributed by atoms with Crippen LogP contribution in [-0.4, -0.2) is 34.9 Å².